The Labute approximate surface area is 48.3 Å². The van der Waals surface area contributed by atoms with Crippen molar-refractivity contribution in [2.45, 2.75) is 19.8 Å². The van der Waals surface area contributed by atoms with E-state index in [1.165, 1.54) is 0 Å². The number of hydrogen-bond donors (Lipinski definition) is 2. The SMILES string of the molecule is CCC/C(N)=N/N=N. The van der Waals surface area contributed by atoms with E-state index in [4.69, 9.17) is 11.3 Å². The van der Waals surface area contributed by atoms with E-state index < -0.39 is 0 Å². The summed E-state index contributed by atoms with van der Waals surface area (Å²) in [5, 5.41) is 6.07. The van der Waals surface area contributed by atoms with Crippen LogP contribution in [-0.2, 0) is 0 Å². The smallest absolute Gasteiger partial charge is 0.124 e. The van der Waals surface area contributed by atoms with E-state index in [1.807, 2.05) is 6.92 Å². The molecule has 0 saturated heterocycles. The van der Waals surface area contributed by atoms with E-state index in [0.29, 0.717) is 5.84 Å². The zero-order valence-corrected chi connectivity index (χ0v) is 4.89. The van der Waals surface area contributed by atoms with Crippen LogP contribution in [0.5, 0.6) is 0 Å². The Morgan fingerprint density at radius 1 is 1.75 bits per heavy atom. The Morgan fingerprint density at radius 3 is 2.75 bits per heavy atom. The summed E-state index contributed by atoms with van der Waals surface area (Å²) >= 11 is 0. The fraction of sp³-hybridized carbons (Fsp3) is 0.750. The summed E-state index contributed by atoms with van der Waals surface area (Å²) in [5.74, 6) is 0.433. The highest BCUT2D eigenvalue weighted by Crippen LogP contribution is 1.85. The topological polar surface area (TPSA) is 74.6 Å². The Hall–Kier alpha value is -0.930. The summed E-state index contributed by atoms with van der Waals surface area (Å²) in [6.45, 7) is 1.99. The third-order valence-corrected chi connectivity index (χ3v) is 0.685. The van der Waals surface area contributed by atoms with Crippen LogP contribution in [0.2, 0.25) is 0 Å². The van der Waals surface area contributed by atoms with Gasteiger partial charge in [0, 0.05) is 6.42 Å². The lowest BCUT2D eigenvalue weighted by atomic mass is 10.3. The highest BCUT2D eigenvalue weighted by Gasteiger charge is 1.85. The van der Waals surface area contributed by atoms with Crippen molar-refractivity contribution in [1.29, 1.82) is 5.53 Å². The van der Waals surface area contributed by atoms with Gasteiger partial charge in [0.25, 0.3) is 0 Å². The monoisotopic (exact) mass is 114 g/mol. The van der Waals surface area contributed by atoms with Crippen LogP contribution in [0.25, 0.3) is 0 Å². The lowest BCUT2D eigenvalue weighted by molar-refractivity contribution is 0.932. The summed E-state index contributed by atoms with van der Waals surface area (Å²) in [6, 6.07) is 0. The highest BCUT2D eigenvalue weighted by atomic mass is 15.3. The predicted octanol–water partition coefficient (Wildman–Crippen LogP) is 1.09. The average Bonchev–Trinajstić information content (AvgIpc) is 1.68. The van der Waals surface area contributed by atoms with Crippen LogP contribution < -0.4 is 5.73 Å². The number of hydrogen-bond acceptors (Lipinski definition) is 2. The first kappa shape index (κ1) is 7.07. The Balaban J connectivity index is 3.44. The molecular weight excluding hydrogens is 104 g/mol. The summed E-state index contributed by atoms with van der Waals surface area (Å²) in [6.07, 6.45) is 1.67. The molecule has 0 aromatic heterocycles. The van der Waals surface area contributed by atoms with Crippen molar-refractivity contribution in [2.75, 3.05) is 0 Å². The molecule has 0 rings (SSSR count). The molecule has 0 aromatic carbocycles. The van der Waals surface area contributed by atoms with Gasteiger partial charge in [-0.1, -0.05) is 12.1 Å². The lowest BCUT2D eigenvalue weighted by Gasteiger charge is -1.88. The van der Waals surface area contributed by atoms with Gasteiger partial charge in [0.2, 0.25) is 0 Å². The van der Waals surface area contributed by atoms with Gasteiger partial charge in [-0.05, 0) is 6.42 Å². The molecule has 0 heterocycles. The molecule has 0 fully saturated rings. The van der Waals surface area contributed by atoms with Crippen molar-refractivity contribution in [2.24, 2.45) is 16.1 Å². The van der Waals surface area contributed by atoms with Gasteiger partial charge in [-0.25, -0.2) is 0 Å². The highest BCUT2D eigenvalue weighted by molar-refractivity contribution is 5.79. The summed E-state index contributed by atoms with van der Waals surface area (Å²) in [7, 11) is 0. The molecule has 0 aliphatic heterocycles. The van der Waals surface area contributed by atoms with Crippen molar-refractivity contribution in [3.05, 3.63) is 0 Å². The zero-order chi connectivity index (χ0) is 6.41. The van der Waals surface area contributed by atoms with Crippen LogP contribution in [0.1, 0.15) is 19.8 Å². The average molecular weight is 114 g/mol. The van der Waals surface area contributed by atoms with Crippen molar-refractivity contribution >= 4 is 5.84 Å². The van der Waals surface area contributed by atoms with E-state index in [9.17, 15) is 0 Å². The van der Waals surface area contributed by atoms with Crippen molar-refractivity contribution in [1.82, 2.24) is 0 Å². The van der Waals surface area contributed by atoms with Crippen molar-refractivity contribution in [3.8, 4) is 0 Å². The number of amidine groups is 1. The molecule has 4 nitrogen and oxygen atoms in total. The van der Waals surface area contributed by atoms with E-state index in [-0.39, 0.29) is 0 Å². The summed E-state index contributed by atoms with van der Waals surface area (Å²) < 4.78 is 0. The second-order valence-corrected chi connectivity index (χ2v) is 1.44. The summed E-state index contributed by atoms with van der Waals surface area (Å²) in [4.78, 5) is 0. The molecule has 0 aliphatic rings. The molecule has 0 spiro atoms. The molecule has 0 amide bonds. The molecule has 0 radical (unpaired) electrons. The minimum atomic E-state index is 0.433. The van der Waals surface area contributed by atoms with Crippen LogP contribution in [0, 0.1) is 5.53 Å². The third kappa shape index (κ3) is 3.27. The largest absolute Gasteiger partial charge is 0.386 e. The van der Waals surface area contributed by atoms with Gasteiger partial charge >= 0.3 is 0 Å². The summed E-state index contributed by atoms with van der Waals surface area (Å²) in [5.41, 5.74) is 11.5. The molecule has 46 valence electrons. The Kier molecular flexibility index (Phi) is 3.74. The molecule has 3 N–H and O–H groups in total. The molecule has 8 heavy (non-hydrogen) atoms. The number of nitrogens with zero attached hydrogens (tertiary/aromatic N) is 2. The molecule has 4 heteroatoms. The standard InChI is InChI=1S/C4H10N4/c1-2-3-4(5)7-8-6/h2-3H2,1H3,(H3,5,6,7). The van der Waals surface area contributed by atoms with Crippen molar-refractivity contribution in [3.63, 3.8) is 0 Å². The fourth-order valence-electron chi connectivity index (χ4n) is 0.370. The third-order valence-electron chi connectivity index (χ3n) is 0.685. The van der Waals surface area contributed by atoms with E-state index in [2.05, 4.69) is 10.3 Å². The number of nitrogens with one attached hydrogen (secondary N) is 1. The van der Waals surface area contributed by atoms with Crippen LogP contribution >= 0.6 is 0 Å². The Morgan fingerprint density at radius 2 is 2.38 bits per heavy atom. The van der Waals surface area contributed by atoms with Crippen LogP contribution in [-0.4, -0.2) is 5.84 Å². The van der Waals surface area contributed by atoms with Crippen LogP contribution in [0.4, 0.5) is 0 Å². The molecule has 0 unspecified atom stereocenters. The van der Waals surface area contributed by atoms with Gasteiger partial charge in [0.1, 0.15) is 5.84 Å². The van der Waals surface area contributed by atoms with Gasteiger partial charge in [-0.3, -0.25) is 0 Å². The predicted molar refractivity (Wildman–Crippen MR) is 31.7 cm³/mol. The Bertz CT molecular complexity index is 96.2. The quantitative estimate of drug-likeness (QED) is 0.245. The molecular formula is C4H10N4. The van der Waals surface area contributed by atoms with Crippen molar-refractivity contribution < 1.29 is 0 Å². The molecule has 0 aromatic rings. The van der Waals surface area contributed by atoms with E-state index in [1.54, 1.807) is 0 Å². The van der Waals surface area contributed by atoms with E-state index >= 15 is 0 Å². The maximum atomic E-state index is 6.27. The van der Waals surface area contributed by atoms with Crippen LogP contribution in [0.15, 0.2) is 10.3 Å². The lowest BCUT2D eigenvalue weighted by Crippen LogP contribution is -2.09. The van der Waals surface area contributed by atoms with Gasteiger partial charge in [-0.2, -0.15) is 5.53 Å². The number of rotatable bonds is 3. The van der Waals surface area contributed by atoms with Gasteiger partial charge in [-0.15, -0.1) is 5.10 Å². The maximum absolute atomic E-state index is 6.27. The van der Waals surface area contributed by atoms with E-state index in [0.717, 1.165) is 12.8 Å². The molecule has 0 aliphatic carbocycles. The second kappa shape index (κ2) is 4.23. The molecule has 0 bridgehead atoms. The first-order valence-corrected chi connectivity index (χ1v) is 2.50. The molecule has 0 saturated carbocycles. The minimum absolute atomic E-state index is 0.433. The number of nitrogens with two attached hydrogens (primary N) is 1. The first-order chi connectivity index (χ1) is 3.81. The minimum Gasteiger partial charge on any atom is -0.386 e. The molecule has 0 atom stereocenters. The van der Waals surface area contributed by atoms with Gasteiger partial charge in [0.05, 0.1) is 0 Å². The van der Waals surface area contributed by atoms with Gasteiger partial charge < -0.3 is 5.73 Å². The second-order valence-electron chi connectivity index (χ2n) is 1.44. The zero-order valence-electron chi connectivity index (χ0n) is 4.89. The first-order valence-electron chi connectivity index (χ1n) is 2.50. The van der Waals surface area contributed by atoms with Crippen LogP contribution in [0.3, 0.4) is 0 Å². The maximum Gasteiger partial charge on any atom is 0.124 e. The fourth-order valence-corrected chi connectivity index (χ4v) is 0.370. The van der Waals surface area contributed by atoms with Gasteiger partial charge in [0.15, 0.2) is 0 Å². The normalized spacial score (nSPS) is 11.4.